The molecule has 0 amide bonds. The number of hydrogen-bond acceptors (Lipinski definition) is 1. The molecule has 0 aliphatic heterocycles. The molecule has 66 valence electrons. The minimum absolute atomic E-state index is 0.199. The van der Waals surface area contributed by atoms with E-state index in [-0.39, 0.29) is 6.61 Å². The number of benzene rings is 1. The molecule has 0 atom stereocenters. The highest BCUT2D eigenvalue weighted by Crippen LogP contribution is 2.18. The lowest BCUT2D eigenvalue weighted by Crippen LogP contribution is -1.92. The van der Waals surface area contributed by atoms with Gasteiger partial charge in [0.2, 0.25) is 0 Å². The number of aliphatic hydroxyl groups excluding tert-OH is 1. The summed E-state index contributed by atoms with van der Waals surface area (Å²) in [4.78, 5) is 0. The molecule has 0 aliphatic rings. The van der Waals surface area contributed by atoms with Gasteiger partial charge in [0, 0.05) is 11.6 Å². The summed E-state index contributed by atoms with van der Waals surface area (Å²) < 4.78 is 0. The van der Waals surface area contributed by atoms with Crippen molar-refractivity contribution >= 4 is 11.6 Å². The van der Waals surface area contributed by atoms with Crippen molar-refractivity contribution in [2.75, 3.05) is 6.61 Å². The van der Waals surface area contributed by atoms with E-state index < -0.39 is 0 Å². The van der Waals surface area contributed by atoms with Crippen molar-refractivity contribution < 1.29 is 5.11 Å². The molecule has 0 aromatic heterocycles. The molecule has 1 nitrogen and oxygen atoms in total. The first-order chi connectivity index (χ1) is 5.77. The Bertz CT molecular complexity index is 258. The summed E-state index contributed by atoms with van der Waals surface area (Å²) >= 11 is 5.93. The van der Waals surface area contributed by atoms with Crippen molar-refractivity contribution in [3.05, 3.63) is 34.3 Å². The Labute approximate surface area is 78.0 Å². The summed E-state index contributed by atoms with van der Waals surface area (Å²) in [6.45, 7) is 2.27. The highest BCUT2D eigenvalue weighted by atomic mass is 35.5. The summed E-state index contributed by atoms with van der Waals surface area (Å²) in [7, 11) is 0. The Kier molecular flexibility index (Phi) is 3.57. The predicted octanol–water partition coefficient (Wildman–Crippen LogP) is 2.44. The van der Waals surface area contributed by atoms with Crippen LogP contribution in [0.4, 0.5) is 0 Å². The molecule has 0 heterocycles. The topological polar surface area (TPSA) is 20.2 Å². The molecule has 0 fully saturated rings. The van der Waals surface area contributed by atoms with Crippen LogP contribution < -0.4 is 0 Å². The van der Waals surface area contributed by atoms with Gasteiger partial charge in [-0.25, -0.2) is 0 Å². The molecule has 0 spiro atoms. The van der Waals surface area contributed by atoms with Gasteiger partial charge in [-0.1, -0.05) is 30.7 Å². The molecule has 2 heteroatoms. The van der Waals surface area contributed by atoms with Gasteiger partial charge in [0.05, 0.1) is 0 Å². The zero-order chi connectivity index (χ0) is 8.97. The lowest BCUT2D eigenvalue weighted by molar-refractivity contribution is 0.299. The number of rotatable bonds is 3. The second-order valence-corrected chi connectivity index (χ2v) is 3.16. The van der Waals surface area contributed by atoms with Crippen LogP contribution in [0.5, 0.6) is 0 Å². The van der Waals surface area contributed by atoms with Crippen LogP contribution in [0.2, 0.25) is 5.02 Å². The summed E-state index contributed by atoms with van der Waals surface area (Å²) in [5.74, 6) is 0. The molecule has 1 N–H and O–H groups in total. The van der Waals surface area contributed by atoms with E-state index in [0.717, 1.165) is 22.6 Å². The molecule has 0 bridgehead atoms. The number of aryl methyl sites for hydroxylation is 1. The van der Waals surface area contributed by atoms with Crippen molar-refractivity contribution in [2.24, 2.45) is 0 Å². The second-order valence-electron chi connectivity index (χ2n) is 2.75. The van der Waals surface area contributed by atoms with E-state index in [9.17, 15) is 0 Å². The van der Waals surface area contributed by atoms with Gasteiger partial charge in [-0.15, -0.1) is 0 Å². The van der Waals surface area contributed by atoms with E-state index in [0.29, 0.717) is 6.42 Å². The quantitative estimate of drug-likeness (QED) is 0.765. The van der Waals surface area contributed by atoms with E-state index in [1.165, 1.54) is 0 Å². The van der Waals surface area contributed by atoms with Crippen LogP contribution in [0.3, 0.4) is 0 Å². The van der Waals surface area contributed by atoms with Crippen LogP contribution in [0.1, 0.15) is 18.1 Å². The maximum Gasteiger partial charge on any atom is 0.0471 e. The van der Waals surface area contributed by atoms with Gasteiger partial charge in [0.25, 0.3) is 0 Å². The maximum atomic E-state index is 8.72. The van der Waals surface area contributed by atoms with E-state index in [1.54, 1.807) is 0 Å². The van der Waals surface area contributed by atoms with Crippen molar-refractivity contribution in [3.63, 3.8) is 0 Å². The number of halogens is 1. The number of aliphatic hydroxyl groups is 1. The van der Waals surface area contributed by atoms with Crippen molar-refractivity contribution in [1.82, 2.24) is 0 Å². The zero-order valence-corrected chi connectivity index (χ0v) is 7.93. The molecule has 0 aliphatic carbocycles. The smallest absolute Gasteiger partial charge is 0.0471 e. The van der Waals surface area contributed by atoms with Gasteiger partial charge in [-0.3, -0.25) is 0 Å². The molecule has 0 radical (unpaired) electrons. The zero-order valence-electron chi connectivity index (χ0n) is 7.18. The first-order valence-electron chi connectivity index (χ1n) is 4.16. The maximum absolute atomic E-state index is 8.72. The van der Waals surface area contributed by atoms with Crippen LogP contribution in [0.15, 0.2) is 18.2 Å². The van der Waals surface area contributed by atoms with Gasteiger partial charge in [-0.05, 0) is 30.0 Å². The molecule has 0 unspecified atom stereocenters. The Morgan fingerprint density at radius 1 is 1.42 bits per heavy atom. The average molecular weight is 185 g/mol. The van der Waals surface area contributed by atoms with Crippen LogP contribution >= 0.6 is 11.6 Å². The van der Waals surface area contributed by atoms with Gasteiger partial charge in [0.15, 0.2) is 0 Å². The fourth-order valence-corrected chi connectivity index (χ4v) is 1.43. The van der Waals surface area contributed by atoms with E-state index in [2.05, 4.69) is 13.0 Å². The Morgan fingerprint density at radius 2 is 2.17 bits per heavy atom. The highest BCUT2D eigenvalue weighted by molar-refractivity contribution is 6.31. The Hall–Kier alpha value is -0.530. The minimum atomic E-state index is 0.199. The molecule has 1 rings (SSSR count). The fourth-order valence-electron chi connectivity index (χ4n) is 1.18. The molecule has 12 heavy (non-hydrogen) atoms. The minimum Gasteiger partial charge on any atom is -0.396 e. The molecule has 1 aromatic carbocycles. The van der Waals surface area contributed by atoms with Crippen LogP contribution in [0.25, 0.3) is 0 Å². The standard InChI is InChI=1S/C10H13ClO/c1-2-9-7-8(5-6-12)3-4-10(9)11/h3-4,7,12H,2,5-6H2,1H3. The average Bonchev–Trinajstić information content (AvgIpc) is 2.09. The van der Waals surface area contributed by atoms with Crippen molar-refractivity contribution in [3.8, 4) is 0 Å². The summed E-state index contributed by atoms with van der Waals surface area (Å²) in [6, 6.07) is 5.90. The van der Waals surface area contributed by atoms with Crippen LogP contribution in [-0.2, 0) is 12.8 Å². The molecule has 1 aromatic rings. The largest absolute Gasteiger partial charge is 0.396 e. The third-order valence-corrected chi connectivity index (χ3v) is 2.26. The van der Waals surface area contributed by atoms with Gasteiger partial charge in [0.1, 0.15) is 0 Å². The Morgan fingerprint density at radius 3 is 2.75 bits per heavy atom. The lowest BCUT2D eigenvalue weighted by Gasteiger charge is -2.03. The van der Waals surface area contributed by atoms with E-state index in [1.807, 2.05) is 12.1 Å². The van der Waals surface area contributed by atoms with Crippen molar-refractivity contribution in [1.29, 1.82) is 0 Å². The predicted molar refractivity (Wildman–Crippen MR) is 51.6 cm³/mol. The summed E-state index contributed by atoms with van der Waals surface area (Å²) in [5.41, 5.74) is 2.31. The fraction of sp³-hybridized carbons (Fsp3) is 0.400. The van der Waals surface area contributed by atoms with Gasteiger partial charge < -0.3 is 5.11 Å². The summed E-state index contributed by atoms with van der Waals surface area (Å²) in [6.07, 6.45) is 1.66. The van der Waals surface area contributed by atoms with Crippen LogP contribution in [0, 0.1) is 0 Å². The van der Waals surface area contributed by atoms with Crippen LogP contribution in [-0.4, -0.2) is 11.7 Å². The Balaban J connectivity index is 2.89. The van der Waals surface area contributed by atoms with Crippen molar-refractivity contribution in [2.45, 2.75) is 19.8 Å². The monoisotopic (exact) mass is 184 g/mol. The highest BCUT2D eigenvalue weighted by Gasteiger charge is 1.99. The molecular formula is C10H13ClO. The summed E-state index contributed by atoms with van der Waals surface area (Å²) in [5, 5.41) is 9.54. The van der Waals surface area contributed by atoms with E-state index >= 15 is 0 Å². The third kappa shape index (κ3) is 2.23. The molecular weight excluding hydrogens is 172 g/mol. The second kappa shape index (κ2) is 4.48. The SMILES string of the molecule is CCc1cc(CCO)ccc1Cl. The van der Waals surface area contributed by atoms with Gasteiger partial charge >= 0.3 is 0 Å². The third-order valence-electron chi connectivity index (χ3n) is 1.89. The lowest BCUT2D eigenvalue weighted by atomic mass is 10.1. The number of hydrogen-bond donors (Lipinski definition) is 1. The normalized spacial score (nSPS) is 10.2. The molecule has 0 saturated carbocycles. The van der Waals surface area contributed by atoms with Gasteiger partial charge in [-0.2, -0.15) is 0 Å². The molecule has 0 saturated heterocycles. The first-order valence-corrected chi connectivity index (χ1v) is 4.54. The van der Waals surface area contributed by atoms with E-state index in [4.69, 9.17) is 16.7 Å². The first kappa shape index (κ1) is 9.56.